The van der Waals surface area contributed by atoms with Crippen LogP contribution in [-0.2, 0) is 9.53 Å². The number of rotatable bonds is 4. The summed E-state index contributed by atoms with van der Waals surface area (Å²) >= 11 is 0. The molecule has 0 radical (unpaired) electrons. The molecule has 1 atom stereocenters. The average molecular weight is 200 g/mol. The van der Waals surface area contributed by atoms with Gasteiger partial charge in [0.2, 0.25) is 0 Å². The van der Waals surface area contributed by atoms with Gasteiger partial charge in [0.05, 0.1) is 0 Å². The minimum Gasteiger partial charge on any atom is -0.456 e. The first-order chi connectivity index (χ1) is 5.81. The van der Waals surface area contributed by atoms with Crippen LogP contribution >= 0.6 is 0 Å². The third kappa shape index (κ3) is 3.76. The number of hydrogen-bond acceptors (Lipinski definition) is 2. The standard InChI is InChI=1S/C10H20O2Si/c1-7(2)9(11)12-10(4,5)8(3)6-13/h8H,1,6H2,2-5,13H3. The zero-order valence-electron chi connectivity index (χ0n) is 9.31. The van der Waals surface area contributed by atoms with Crippen LogP contribution in [0.3, 0.4) is 0 Å². The second-order valence-electron chi connectivity index (χ2n) is 4.08. The van der Waals surface area contributed by atoms with E-state index in [1.807, 2.05) is 13.8 Å². The lowest BCUT2D eigenvalue weighted by Crippen LogP contribution is -2.35. The van der Waals surface area contributed by atoms with Crippen LogP contribution in [0.1, 0.15) is 27.7 Å². The summed E-state index contributed by atoms with van der Waals surface area (Å²) in [7, 11) is 1.14. The van der Waals surface area contributed by atoms with Crippen LogP contribution in [0.2, 0.25) is 6.04 Å². The van der Waals surface area contributed by atoms with Crippen LogP contribution in [0.25, 0.3) is 0 Å². The predicted molar refractivity (Wildman–Crippen MR) is 58.9 cm³/mol. The maximum absolute atomic E-state index is 11.3. The van der Waals surface area contributed by atoms with Gasteiger partial charge in [0, 0.05) is 15.8 Å². The Morgan fingerprint density at radius 2 is 2.08 bits per heavy atom. The molecule has 0 rings (SSSR count). The van der Waals surface area contributed by atoms with Gasteiger partial charge in [0.15, 0.2) is 0 Å². The summed E-state index contributed by atoms with van der Waals surface area (Å²) in [5.41, 5.74) is 0.103. The number of carbonyl (C=O) groups excluding carboxylic acids is 1. The lowest BCUT2D eigenvalue weighted by Gasteiger charge is -2.31. The monoisotopic (exact) mass is 200 g/mol. The molecule has 0 aliphatic rings. The highest BCUT2D eigenvalue weighted by Crippen LogP contribution is 2.24. The van der Waals surface area contributed by atoms with Gasteiger partial charge in [-0.25, -0.2) is 4.79 Å². The molecule has 0 aliphatic heterocycles. The number of ether oxygens (including phenoxy) is 1. The van der Waals surface area contributed by atoms with Crippen molar-refractivity contribution in [1.29, 1.82) is 0 Å². The molecule has 0 N–H and O–H groups in total. The van der Waals surface area contributed by atoms with Gasteiger partial charge in [0.25, 0.3) is 0 Å². The van der Waals surface area contributed by atoms with Gasteiger partial charge >= 0.3 is 5.97 Å². The van der Waals surface area contributed by atoms with Crippen molar-refractivity contribution in [3.63, 3.8) is 0 Å². The first-order valence-corrected chi connectivity index (χ1v) is 6.11. The minimum absolute atomic E-state index is 0.285. The van der Waals surface area contributed by atoms with E-state index in [1.165, 1.54) is 0 Å². The second kappa shape index (κ2) is 4.60. The molecule has 3 heteroatoms. The van der Waals surface area contributed by atoms with Gasteiger partial charge in [-0.05, 0) is 26.7 Å². The highest BCUT2D eigenvalue weighted by atomic mass is 28.1. The highest BCUT2D eigenvalue weighted by Gasteiger charge is 2.28. The summed E-state index contributed by atoms with van der Waals surface area (Å²) in [4.78, 5) is 11.3. The lowest BCUT2D eigenvalue weighted by atomic mass is 9.94. The van der Waals surface area contributed by atoms with Crippen LogP contribution in [0.4, 0.5) is 0 Å². The fourth-order valence-corrected chi connectivity index (χ4v) is 1.90. The maximum atomic E-state index is 11.3. The zero-order chi connectivity index (χ0) is 10.6. The van der Waals surface area contributed by atoms with Crippen molar-refractivity contribution in [3.8, 4) is 0 Å². The van der Waals surface area contributed by atoms with E-state index >= 15 is 0 Å². The van der Waals surface area contributed by atoms with Crippen LogP contribution in [0.15, 0.2) is 12.2 Å². The molecule has 0 heterocycles. The quantitative estimate of drug-likeness (QED) is 0.388. The lowest BCUT2D eigenvalue weighted by molar-refractivity contribution is -0.155. The molecule has 0 aromatic heterocycles. The van der Waals surface area contributed by atoms with Crippen molar-refractivity contribution in [2.75, 3.05) is 0 Å². The Morgan fingerprint density at radius 3 is 2.38 bits per heavy atom. The Balaban J connectivity index is 4.33. The van der Waals surface area contributed by atoms with Crippen molar-refractivity contribution < 1.29 is 9.53 Å². The summed E-state index contributed by atoms with van der Waals surface area (Å²) in [5.74, 6) is 0.134. The topological polar surface area (TPSA) is 26.3 Å². The normalized spacial score (nSPS) is 13.8. The molecule has 0 aromatic carbocycles. The smallest absolute Gasteiger partial charge is 0.333 e. The van der Waals surface area contributed by atoms with E-state index in [1.54, 1.807) is 6.92 Å². The Morgan fingerprint density at radius 1 is 1.62 bits per heavy atom. The molecular weight excluding hydrogens is 180 g/mol. The summed E-state index contributed by atoms with van der Waals surface area (Å²) in [6.45, 7) is 11.2. The molecule has 0 aliphatic carbocycles. The fraction of sp³-hybridized carbons (Fsp3) is 0.700. The molecule has 0 bridgehead atoms. The first kappa shape index (κ1) is 12.4. The molecule has 13 heavy (non-hydrogen) atoms. The van der Waals surface area contributed by atoms with E-state index in [2.05, 4.69) is 13.5 Å². The average Bonchev–Trinajstić information content (AvgIpc) is 2.01. The van der Waals surface area contributed by atoms with Crippen LogP contribution in [0, 0.1) is 5.92 Å². The van der Waals surface area contributed by atoms with E-state index in [4.69, 9.17) is 4.74 Å². The first-order valence-electron chi connectivity index (χ1n) is 4.70. The summed E-state index contributed by atoms with van der Waals surface area (Å²) in [6.07, 6.45) is 0. The van der Waals surface area contributed by atoms with E-state index < -0.39 is 0 Å². The second-order valence-corrected chi connectivity index (χ2v) is 4.90. The van der Waals surface area contributed by atoms with Gasteiger partial charge in [-0.15, -0.1) is 0 Å². The molecular formula is C10H20O2Si. The molecule has 0 fully saturated rings. The van der Waals surface area contributed by atoms with Crippen molar-refractivity contribution in [1.82, 2.24) is 0 Å². The summed E-state index contributed by atoms with van der Waals surface area (Å²) < 4.78 is 5.34. The van der Waals surface area contributed by atoms with E-state index in [0.717, 1.165) is 16.3 Å². The van der Waals surface area contributed by atoms with Crippen molar-refractivity contribution >= 4 is 16.2 Å². The minimum atomic E-state index is -0.363. The Hall–Kier alpha value is -0.573. The molecule has 0 amide bonds. The van der Waals surface area contributed by atoms with Crippen molar-refractivity contribution in [2.24, 2.45) is 5.92 Å². The van der Waals surface area contributed by atoms with Gasteiger partial charge in [-0.2, -0.15) is 0 Å². The molecule has 76 valence electrons. The number of hydrogen-bond donors (Lipinski definition) is 0. The predicted octanol–water partition coefficient (Wildman–Crippen LogP) is 1.30. The Bertz CT molecular complexity index is 209. The fourth-order valence-electron chi connectivity index (χ4n) is 0.918. The molecule has 0 saturated heterocycles. The molecule has 0 saturated carbocycles. The third-order valence-electron chi connectivity index (χ3n) is 2.50. The Labute approximate surface area is 83.8 Å². The van der Waals surface area contributed by atoms with Crippen molar-refractivity contribution in [3.05, 3.63) is 12.2 Å². The maximum Gasteiger partial charge on any atom is 0.333 e. The SMILES string of the molecule is C=C(C)C(=O)OC(C)(C)C(C)C[SiH3]. The summed E-state index contributed by atoms with van der Waals surface area (Å²) in [5, 5.41) is 0. The molecule has 2 nitrogen and oxygen atoms in total. The van der Waals surface area contributed by atoms with Crippen LogP contribution in [-0.4, -0.2) is 21.8 Å². The van der Waals surface area contributed by atoms with Crippen LogP contribution in [0.5, 0.6) is 0 Å². The summed E-state index contributed by atoms with van der Waals surface area (Å²) in [6, 6.07) is 1.14. The molecule has 0 aromatic rings. The van der Waals surface area contributed by atoms with Crippen LogP contribution < -0.4 is 0 Å². The Kier molecular flexibility index (Phi) is 4.40. The van der Waals surface area contributed by atoms with Gasteiger partial charge < -0.3 is 4.74 Å². The van der Waals surface area contributed by atoms with Gasteiger partial charge in [0.1, 0.15) is 5.60 Å². The van der Waals surface area contributed by atoms with Gasteiger partial charge in [-0.1, -0.05) is 19.5 Å². The van der Waals surface area contributed by atoms with E-state index in [0.29, 0.717) is 11.5 Å². The van der Waals surface area contributed by atoms with E-state index in [-0.39, 0.29) is 11.6 Å². The highest BCUT2D eigenvalue weighted by molar-refractivity contribution is 6.08. The van der Waals surface area contributed by atoms with E-state index in [9.17, 15) is 4.79 Å². The zero-order valence-corrected chi connectivity index (χ0v) is 11.3. The van der Waals surface area contributed by atoms with Gasteiger partial charge in [-0.3, -0.25) is 0 Å². The molecule has 0 spiro atoms. The number of esters is 1. The largest absolute Gasteiger partial charge is 0.456 e. The third-order valence-corrected chi connectivity index (χ3v) is 3.73. The molecule has 1 unspecified atom stereocenters. The van der Waals surface area contributed by atoms with Crippen molar-refractivity contribution in [2.45, 2.75) is 39.3 Å². The number of carbonyl (C=O) groups is 1.